The van der Waals surface area contributed by atoms with E-state index in [1.165, 1.54) is 4.88 Å². The van der Waals surface area contributed by atoms with Crippen LogP contribution < -0.4 is 5.73 Å². The largest absolute Gasteiger partial charge is 0.397 e. The minimum atomic E-state index is 0.661. The lowest BCUT2D eigenvalue weighted by Gasteiger charge is -2.08. The average molecular weight is 275 g/mol. The summed E-state index contributed by atoms with van der Waals surface area (Å²) in [5.74, 6) is 0. The number of hydrogen-bond donors (Lipinski definition) is 1. The number of anilines is 1. The van der Waals surface area contributed by atoms with Crippen molar-refractivity contribution >= 4 is 38.8 Å². The first-order valence-electron chi connectivity index (χ1n) is 5.56. The molecule has 0 bridgehead atoms. The third-order valence-electron chi connectivity index (χ3n) is 2.86. The fourth-order valence-corrected chi connectivity index (χ4v) is 3.18. The summed E-state index contributed by atoms with van der Waals surface area (Å²) in [6.07, 6.45) is 1.71. The van der Waals surface area contributed by atoms with Gasteiger partial charge in [0.05, 0.1) is 11.9 Å². The number of aryl methyl sites for hydroxylation is 1. The van der Waals surface area contributed by atoms with E-state index < -0.39 is 0 Å². The maximum atomic E-state index is 6.27. The molecule has 0 aliphatic carbocycles. The maximum absolute atomic E-state index is 6.27. The van der Waals surface area contributed by atoms with Crippen LogP contribution in [0.2, 0.25) is 5.02 Å². The van der Waals surface area contributed by atoms with Gasteiger partial charge in [0.1, 0.15) is 4.83 Å². The summed E-state index contributed by atoms with van der Waals surface area (Å²) in [4.78, 5) is 6.58. The van der Waals surface area contributed by atoms with Gasteiger partial charge in [-0.3, -0.25) is 0 Å². The monoisotopic (exact) mass is 274 g/mol. The van der Waals surface area contributed by atoms with Crippen LogP contribution in [0.1, 0.15) is 4.88 Å². The van der Waals surface area contributed by atoms with Gasteiger partial charge in [-0.2, -0.15) is 0 Å². The van der Waals surface area contributed by atoms with Gasteiger partial charge >= 0.3 is 0 Å². The molecule has 4 heteroatoms. The zero-order chi connectivity index (χ0) is 12.7. The number of nitrogens with zero attached hydrogens (tertiary/aromatic N) is 1. The van der Waals surface area contributed by atoms with E-state index in [2.05, 4.69) is 18.0 Å². The van der Waals surface area contributed by atoms with Crippen LogP contribution in [0.4, 0.5) is 5.69 Å². The van der Waals surface area contributed by atoms with Gasteiger partial charge in [-0.1, -0.05) is 29.8 Å². The normalized spacial score (nSPS) is 11.0. The number of thiophene rings is 1. The third-order valence-corrected chi connectivity index (χ3v) is 4.15. The van der Waals surface area contributed by atoms with Crippen LogP contribution >= 0.6 is 22.9 Å². The fourth-order valence-electron chi connectivity index (χ4n) is 2.09. The summed E-state index contributed by atoms with van der Waals surface area (Å²) >= 11 is 7.93. The molecule has 3 aromatic rings. The first-order valence-corrected chi connectivity index (χ1v) is 6.76. The Labute approximate surface area is 114 Å². The zero-order valence-electron chi connectivity index (χ0n) is 9.77. The van der Waals surface area contributed by atoms with Gasteiger partial charge in [-0.25, -0.2) is 4.98 Å². The highest BCUT2D eigenvalue weighted by atomic mass is 35.5. The van der Waals surface area contributed by atoms with Crippen molar-refractivity contribution in [1.29, 1.82) is 0 Å². The molecular formula is C14H11ClN2S. The predicted molar refractivity (Wildman–Crippen MR) is 79.2 cm³/mol. The summed E-state index contributed by atoms with van der Waals surface area (Å²) in [7, 11) is 0. The molecule has 0 unspecified atom stereocenters. The van der Waals surface area contributed by atoms with Crippen LogP contribution in [0.15, 0.2) is 36.5 Å². The molecule has 0 aliphatic rings. The number of nitrogens with two attached hydrogens (primary N) is 1. The van der Waals surface area contributed by atoms with Crippen molar-refractivity contribution in [1.82, 2.24) is 4.98 Å². The molecule has 0 aliphatic heterocycles. The molecule has 2 N–H and O–H groups in total. The number of benzene rings is 1. The van der Waals surface area contributed by atoms with Crippen LogP contribution in [0.5, 0.6) is 0 Å². The molecule has 3 rings (SSSR count). The minimum Gasteiger partial charge on any atom is -0.397 e. The number of hydrogen-bond acceptors (Lipinski definition) is 3. The topological polar surface area (TPSA) is 38.9 Å². The molecule has 18 heavy (non-hydrogen) atoms. The number of aromatic nitrogens is 1. The fraction of sp³-hybridized carbons (Fsp3) is 0.0714. The van der Waals surface area contributed by atoms with Crippen molar-refractivity contribution in [3.63, 3.8) is 0 Å². The SMILES string of the molecule is Cc1cc2c(-c3ccccc3Cl)c(N)cnc2s1. The second-order valence-corrected chi connectivity index (χ2v) is 5.79. The first-order chi connectivity index (χ1) is 8.66. The number of fused-ring (bicyclic) bond motifs is 1. The van der Waals surface area contributed by atoms with Crippen molar-refractivity contribution < 1.29 is 0 Å². The Morgan fingerprint density at radius 2 is 2.06 bits per heavy atom. The maximum Gasteiger partial charge on any atom is 0.124 e. The minimum absolute atomic E-state index is 0.661. The quantitative estimate of drug-likeness (QED) is 0.709. The number of pyridine rings is 1. The van der Waals surface area contributed by atoms with E-state index >= 15 is 0 Å². The summed E-state index contributed by atoms with van der Waals surface area (Å²) in [5.41, 5.74) is 8.68. The van der Waals surface area contributed by atoms with Crippen LogP contribution in [0, 0.1) is 6.92 Å². The molecule has 0 atom stereocenters. The van der Waals surface area contributed by atoms with Crippen LogP contribution in [-0.2, 0) is 0 Å². The smallest absolute Gasteiger partial charge is 0.124 e. The molecular weight excluding hydrogens is 264 g/mol. The van der Waals surface area contributed by atoms with Gasteiger partial charge in [0, 0.05) is 26.4 Å². The molecule has 0 saturated carbocycles. The van der Waals surface area contributed by atoms with E-state index in [1.54, 1.807) is 17.5 Å². The molecule has 0 saturated heterocycles. The summed E-state index contributed by atoms with van der Waals surface area (Å²) in [5, 5.41) is 1.78. The molecule has 0 radical (unpaired) electrons. The molecule has 0 spiro atoms. The van der Waals surface area contributed by atoms with E-state index in [0.717, 1.165) is 21.3 Å². The van der Waals surface area contributed by atoms with Crippen molar-refractivity contribution in [2.45, 2.75) is 6.92 Å². The number of nitrogen functional groups attached to an aromatic ring is 1. The van der Waals surface area contributed by atoms with E-state index in [4.69, 9.17) is 17.3 Å². The first kappa shape index (κ1) is 11.5. The van der Waals surface area contributed by atoms with Gasteiger partial charge in [0.15, 0.2) is 0 Å². The van der Waals surface area contributed by atoms with Crippen molar-refractivity contribution in [3.8, 4) is 11.1 Å². The summed E-state index contributed by atoms with van der Waals surface area (Å²) in [6, 6.07) is 9.86. The lowest BCUT2D eigenvalue weighted by atomic mass is 10.0. The van der Waals surface area contributed by atoms with E-state index in [-0.39, 0.29) is 0 Å². The van der Waals surface area contributed by atoms with Crippen molar-refractivity contribution in [2.24, 2.45) is 0 Å². The highest BCUT2D eigenvalue weighted by Gasteiger charge is 2.13. The van der Waals surface area contributed by atoms with E-state index in [9.17, 15) is 0 Å². The zero-order valence-corrected chi connectivity index (χ0v) is 11.3. The van der Waals surface area contributed by atoms with Gasteiger partial charge in [-0.15, -0.1) is 11.3 Å². The van der Waals surface area contributed by atoms with Crippen LogP contribution in [0.3, 0.4) is 0 Å². The lowest BCUT2D eigenvalue weighted by molar-refractivity contribution is 1.44. The van der Waals surface area contributed by atoms with Gasteiger partial charge < -0.3 is 5.73 Å². The molecule has 2 aromatic heterocycles. The van der Waals surface area contributed by atoms with E-state index in [1.807, 2.05) is 24.3 Å². The van der Waals surface area contributed by atoms with Gasteiger partial charge in [0.2, 0.25) is 0 Å². The second-order valence-electron chi connectivity index (χ2n) is 4.14. The van der Waals surface area contributed by atoms with Crippen LogP contribution in [0.25, 0.3) is 21.3 Å². The lowest BCUT2D eigenvalue weighted by Crippen LogP contribution is -1.92. The molecule has 90 valence electrons. The molecule has 0 amide bonds. The third kappa shape index (κ3) is 1.76. The highest BCUT2D eigenvalue weighted by molar-refractivity contribution is 7.18. The van der Waals surface area contributed by atoms with E-state index in [0.29, 0.717) is 10.7 Å². The molecule has 2 nitrogen and oxygen atoms in total. The molecule has 0 fully saturated rings. The second kappa shape index (κ2) is 4.26. The van der Waals surface area contributed by atoms with Crippen molar-refractivity contribution in [3.05, 3.63) is 46.4 Å². The summed E-state index contributed by atoms with van der Waals surface area (Å²) < 4.78 is 0. The number of rotatable bonds is 1. The highest BCUT2D eigenvalue weighted by Crippen LogP contribution is 2.39. The van der Waals surface area contributed by atoms with Gasteiger partial charge in [-0.05, 0) is 19.1 Å². The van der Waals surface area contributed by atoms with Crippen molar-refractivity contribution in [2.75, 3.05) is 5.73 Å². The Balaban J connectivity index is 2.41. The Bertz CT molecular complexity index is 734. The number of halogens is 1. The Hall–Kier alpha value is -1.58. The summed E-state index contributed by atoms with van der Waals surface area (Å²) in [6.45, 7) is 2.07. The average Bonchev–Trinajstić information content (AvgIpc) is 2.71. The standard InChI is InChI=1S/C14H11ClN2S/c1-8-6-10-13(9-4-2-3-5-11(9)15)12(16)7-17-14(10)18-8/h2-7H,16H2,1H3. The predicted octanol–water partition coefficient (Wildman–Crippen LogP) is 4.51. The van der Waals surface area contributed by atoms with Crippen LogP contribution in [-0.4, -0.2) is 4.98 Å². The Morgan fingerprint density at radius 3 is 2.83 bits per heavy atom. The molecule has 1 aromatic carbocycles. The Morgan fingerprint density at radius 1 is 1.28 bits per heavy atom. The Kier molecular flexibility index (Phi) is 2.73. The van der Waals surface area contributed by atoms with Gasteiger partial charge in [0.25, 0.3) is 0 Å². The molecule has 2 heterocycles.